The van der Waals surface area contributed by atoms with Crippen LogP contribution in [0.3, 0.4) is 0 Å². The molecule has 0 aliphatic rings. The molecule has 19 heavy (non-hydrogen) atoms. The fourth-order valence-electron chi connectivity index (χ4n) is 1.51. The van der Waals surface area contributed by atoms with Crippen molar-refractivity contribution in [2.45, 2.75) is 19.8 Å². The van der Waals surface area contributed by atoms with Crippen LogP contribution in [0.4, 0.5) is 0 Å². The second-order valence-corrected chi connectivity index (χ2v) is 6.40. The Hall–Kier alpha value is -1.47. The van der Waals surface area contributed by atoms with Crippen LogP contribution in [-0.2, 0) is 21.2 Å². The molecular formula is C12H18N2O4S. The van der Waals surface area contributed by atoms with Gasteiger partial charge in [0.1, 0.15) is 0 Å². The minimum absolute atomic E-state index is 0.0171. The summed E-state index contributed by atoms with van der Waals surface area (Å²) < 4.78 is 25.9. The molecule has 0 aliphatic carbocycles. The number of aryl methyl sites for hydroxylation is 1. The Labute approximate surface area is 112 Å². The van der Waals surface area contributed by atoms with Gasteiger partial charge in [-0.15, -0.1) is 0 Å². The molecule has 1 aromatic rings. The minimum Gasteiger partial charge on any atom is -0.481 e. The molecule has 0 aromatic carbocycles. The Balaban J connectivity index is 2.38. The van der Waals surface area contributed by atoms with Gasteiger partial charge >= 0.3 is 5.97 Å². The number of aromatic nitrogens is 1. The highest BCUT2D eigenvalue weighted by Crippen LogP contribution is 2.03. The van der Waals surface area contributed by atoms with Crippen molar-refractivity contribution in [2.24, 2.45) is 5.92 Å². The maximum absolute atomic E-state index is 11.7. The zero-order chi connectivity index (χ0) is 14.3. The SMILES string of the molecule is CC(CNS(=O)(=O)CCc1ccncc1)CC(=O)O. The van der Waals surface area contributed by atoms with Gasteiger partial charge in [-0.3, -0.25) is 9.78 Å². The number of nitrogens with one attached hydrogen (secondary N) is 1. The third kappa shape index (κ3) is 6.88. The number of carboxylic acid groups (broad SMARTS) is 1. The average Bonchev–Trinajstić information content (AvgIpc) is 2.35. The first-order chi connectivity index (χ1) is 8.89. The summed E-state index contributed by atoms with van der Waals surface area (Å²) in [5, 5.41) is 8.58. The van der Waals surface area contributed by atoms with Crippen LogP contribution >= 0.6 is 0 Å². The Kier molecular flexibility index (Phi) is 5.91. The molecular weight excluding hydrogens is 268 g/mol. The Bertz CT molecular complexity index is 502. The number of nitrogens with zero attached hydrogens (tertiary/aromatic N) is 1. The van der Waals surface area contributed by atoms with E-state index in [9.17, 15) is 13.2 Å². The second-order valence-electron chi connectivity index (χ2n) is 4.48. The van der Waals surface area contributed by atoms with Crippen molar-refractivity contribution in [2.75, 3.05) is 12.3 Å². The van der Waals surface area contributed by atoms with Gasteiger partial charge in [-0.25, -0.2) is 13.1 Å². The van der Waals surface area contributed by atoms with Gasteiger partial charge in [0.15, 0.2) is 0 Å². The van der Waals surface area contributed by atoms with Crippen LogP contribution in [0.15, 0.2) is 24.5 Å². The lowest BCUT2D eigenvalue weighted by molar-refractivity contribution is -0.137. The first-order valence-corrected chi connectivity index (χ1v) is 7.62. The first-order valence-electron chi connectivity index (χ1n) is 5.97. The van der Waals surface area contributed by atoms with Crippen LogP contribution in [0.1, 0.15) is 18.9 Å². The predicted molar refractivity (Wildman–Crippen MR) is 71.1 cm³/mol. The molecule has 0 radical (unpaired) electrons. The molecule has 7 heteroatoms. The Morgan fingerprint density at radius 2 is 2.05 bits per heavy atom. The molecule has 2 N–H and O–H groups in total. The van der Waals surface area contributed by atoms with Crippen molar-refractivity contribution in [3.63, 3.8) is 0 Å². The summed E-state index contributed by atoms with van der Waals surface area (Å²) in [6.45, 7) is 1.84. The van der Waals surface area contributed by atoms with E-state index in [0.29, 0.717) is 6.42 Å². The summed E-state index contributed by atoms with van der Waals surface area (Å²) in [7, 11) is -3.37. The van der Waals surface area contributed by atoms with E-state index in [1.807, 2.05) is 0 Å². The number of carboxylic acids is 1. The molecule has 0 spiro atoms. The van der Waals surface area contributed by atoms with Gasteiger partial charge in [-0.2, -0.15) is 0 Å². The normalized spacial score (nSPS) is 13.1. The number of hydrogen-bond donors (Lipinski definition) is 2. The van der Waals surface area contributed by atoms with Gasteiger partial charge in [0.2, 0.25) is 10.0 Å². The molecule has 1 heterocycles. The van der Waals surface area contributed by atoms with Gasteiger partial charge < -0.3 is 5.11 Å². The molecule has 1 unspecified atom stereocenters. The van der Waals surface area contributed by atoms with E-state index in [2.05, 4.69) is 9.71 Å². The van der Waals surface area contributed by atoms with Crippen molar-refractivity contribution >= 4 is 16.0 Å². The van der Waals surface area contributed by atoms with Crippen LogP contribution in [0.5, 0.6) is 0 Å². The summed E-state index contributed by atoms with van der Waals surface area (Å²) in [6.07, 6.45) is 3.59. The molecule has 1 rings (SSSR count). The number of rotatable bonds is 8. The summed E-state index contributed by atoms with van der Waals surface area (Å²) in [4.78, 5) is 14.3. The highest BCUT2D eigenvalue weighted by atomic mass is 32.2. The van der Waals surface area contributed by atoms with Crippen LogP contribution < -0.4 is 4.72 Å². The van der Waals surface area contributed by atoms with Gasteiger partial charge in [-0.05, 0) is 30.0 Å². The summed E-state index contributed by atoms with van der Waals surface area (Å²) in [5.41, 5.74) is 0.902. The average molecular weight is 286 g/mol. The van der Waals surface area contributed by atoms with Crippen molar-refractivity contribution in [3.05, 3.63) is 30.1 Å². The van der Waals surface area contributed by atoms with E-state index in [1.165, 1.54) is 0 Å². The number of carbonyl (C=O) groups is 1. The molecule has 6 nitrogen and oxygen atoms in total. The monoisotopic (exact) mass is 286 g/mol. The third-order valence-corrected chi connectivity index (χ3v) is 3.93. The fraction of sp³-hybridized carbons (Fsp3) is 0.500. The minimum atomic E-state index is -3.37. The molecule has 0 bridgehead atoms. The summed E-state index contributed by atoms with van der Waals surface area (Å²) in [6, 6.07) is 3.53. The smallest absolute Gasteiger partial charge is 0.303 e. The van der Waals surface area contributed by atoms with E-state index < -0.39 is 16.0 Å². The highest BCUT2D eigenvalue weighted by molar-refractivity contribution is 7.89. The number of hydrogen-bond acceptors (Lipinski definition) is 4. The highest BCUT2D eigenvalue weighted by Gasteiger charge is 2.14. The second kappa shape index (κ2) is 7.20. The first kappa shape index (κ1) is 15.6. The lowest BCUT2D eigenvalue weighted by Crippen LogP contribution is -2.31. The molecule has 0 saturated carbocycles. The van der Waals surface area contributed by atoms with Gasteiger partial charge in [0.25, 0.3) is 0 Å². The number of pyridine rings is 1. The maximum atomic E-state index is 11.7. The van der Waals surface area contributed by atoms with Crippen molar-refractivity contribution in [3.8, 4) is 0 Å². The van der Waals surface area contributed by atoms with Crippen molar-refractivity contribution in [1.82, 2.24) is 9.71 Å². The molecule has 0 aliphatic heterocycles. The van der Waals surface area contributed by atoms with Crippen LogP contribution in [0.2, 0.25) is 0 Å². The zero-order valence-electron chi connectivity index (χ0n) is 10.7. The van der Waals surface area contributed by atoms with E-state index in [-0.39, 0.29) is 24.6 Å². The van der Waals surface area contributed by atoms with Crippen molar-refractivity contribution < 1.29 is 18.3 Å². The van der Waals surface area contributed by atoms with Gasteiger partial charge in [0.05, 0.1) is 5.75 Å². The van der Waals surface area contributed by atoms with Crippen LogP contribution in [0, 0.1) is 5.92 Å². The van der Waals surface area contributed by atoms with E-state index in [4.69, 9.17) is 5.11 Å². The molecule has 0 fully saturated rings. The maximum Gasteiger partial charge on any atom is 0.303 e. The molecule has 106 valence electrons. The van der Waals surface area contributed by atoms with Crippen molar-refractivity contribution in [1.29, 1.82) is 0 Å². The fourth-order valence-corrected chi connectivity index (χ4v) is 2.70. The van der Waals surface area contributed by atoms with Gasteiger partial charge in [-0.1, -0.05) is 6.92 Å². The summed E-state index contributed by atoms with van der Waals surface area (Å²) >= 11 is 0. The van der Waals surface area contributed by atoms with E-state index >= 15 is 0 Å². The molecule has 1 atom stereocenters. The predicted octanol–water partition coefficient (Wildman–Crippen LogP) is 0.654. The zero-order valence-corrected chi connectivity index (χ0v) is 11.6. The third-order valence-electron chi connectivity index (χ3n) is 2.58. The topological polar surface area (TPSA) is 96.4 Å². The largest absolute Gasteiger partial charge is 0.481 e. The number of sulfonamides is 1. The van der Waals surface area contributed by atoms with E-state index in [1.54, 1.807) is 31.5 Å². The number of aliphatic carboxylic acids is 1. The lowest BCUT2D eigenvalue weighted by Gasteiger charge is -2.10. The Morgan fingerprint density at radius 1 is 1.42 bits per heavy atom. The molecule has 0 saturated heterocycles. The van der Waals surface area contributed by atoms with Gasteiger partial charge in [0, 0.05) is 25.4 Å². The van der Waals surface area contributed by atoms with Crippen LogP contribution in [0.25, 0.3) is 0 Å². The van der Waals surface area contributed by atoms with E-state index in [0.717, 1.165) is 5.56 Å². The molecule has 0 amide bonds. The quantitative estimate of drug-likeness (QED) is 0.731. The standard InChI is InChI=1S/C12H18N2O4S/c1-10(8-12(15)16)9-14-19(17,18)7-4-11-2-5-13-6-3-11/h2-3,5-6,10,14H,4,7-9H2,1H3,(H,15,16). The lowest BCUT2D eigenvalue weighted by atomic mass is 10.1. The summed E-state index contributed by atoms with van der Waals surface area (Å²) in [5.74, 6) is -1.17. The molecule has 1 aromatic heterocycles. The van der Waals surface area contributed by atoms with Crippen LogP contribution in [-0.4, -0.2) is 36.8 Å². The Morgan fingerprint density at radius 3 is 2.63 bits per heavy atom.